The second-order valence-corrected chi connectivity index (χ2v) is 12.2. The first-order chi connectivity index (χ1) is 21.4. The minimum absolute atomic E-state index is 0.0548. The number of hydrogen-bond donors (Lipinski definition) is 2. The van der Waals surface area contributed by atoms with E-state index in [1.807, 2.05) is 53.5 Å². The van der Waals surface area contributed by atoms with E-state index in [0.717, 1.165) is 27.8 Å². The molecule has 1 spiro atoms. The van der Waals surface area contributed by atoms with E-state index in [1.165, 1.54) is 0 Å². The van der Waals surface area contributed by atoms with Gasteiger partial charge >= 0.3 is 0 Å². The molecule has 4 atom stereocenters. The van der Waals surface area contributed by atoms with Crippen LogP contribution in [0, 0.1) is 0 Å². The van der Waals surface area contributed by atoms with Gasteiger partial charge < -0.3 is 25.0 Å². The van der Waals surface area contributed by atoms with E-state index in [4.69, 9.17) is 9.47 Å². The number of fused-ring (bicyclic) bond motifs is 4. The molecule has 2 aromatic carbocycles. The Morgan fingerprint density at radius 3 is 2.64 bits per heavy atom. The molecule has 226 valence electrons. The van der Waals surface area contributed by atoms with Gasteiger partial charge in [0.05, 0.1) is 31.8 Å². The van der Waals surface area contributed by atoms with E-state index in [0.29, 0.717) is 63.6 Å². The number of ether oxygens (including phenoxy) is 2. The number of aromatic nitrogens is 1. The molecule has 9 heteroatoms. The van der Waals surface area contributed by atoms with Gasteiger partial charge in [0.15, 0.2) is 0 Å². The smallest absolute Gasteiger partial charge is 0.251 e. The highest BCUT2D eigenvalue weighted by Crippen LogP contribution is 2.47. The zero-order valence-corrected chi connectivity index (χ0v) is 24.8. The van der Waals surface area contributed by atoms with Gasteiger partial charge in [-0.15, -0.1) is 0 Å². The quantitative estimate of drug-likeness (QED) is 0.447. The van der Waals surface area contributed by atoms with Crippen molar-refractivity contribution in [1.29, 1.82) is 0 Å². The van der Waals surface area contributed by atoms with Crippen molar-refractivity contribution in [3.63, 3.8) is 0 Å². The number of nitrogens with zero attached hydrogens (tertiary/aromatic N) is 2. The van der Waals surface area contributed by atoms with Crippen LogP contribution in [-0.2, 0) is 37.3 Å². The van der Waals surface area contributed by atoms with E-state index in [2.05, 4.69) is 34.7 Å². The van der Waals surface area contributed by atoms with Gasteiger partial charge in [-0.05, 0) is 66.6 Å². The van der Waals surface area contributed by atoms with Crippen molar-refractivity contribution in [2.45, 2.75) is 49.6 Å². The SMILES string of the molecule is CC1C(c2ccccc2)CC2NC(=O)c3ccc4c(c3)C[C@]3(C4)C(=O)Nc4ncc(cc43)/C=C/COCCOCCN1C2=O. The minimum Gasteiger partial charge on any atom is -0.377 e. The van der Waals surface area contributed by atoms with Crippen molar-refractivity contribution in [2.75, 3.05) is 38.3 Å². The van der Waals surface area contributed by atoms with Crippen LogP contribution in [0.2, 0.25) is 0 Å². The third-order valence-electron chi connectivity index (χ3n) is 9.59. The van der Waals surface area contributed by atoms with Gasteiger partial charge in [0.25, 0.3) is 5.91 Å². The fourth-order valence-electron chi connectivity index (χ4n) is 7.23. The second kappa shape index (κ2) is 11.6. The van der Waals surface area contributed by atoms with Gasteiger partial charge in [-0.25, -0.2) is 4.98 Å². The van der Waals surface area contributed by atoms with Crippen LogP contribution < -0.4 is 10.6 Å². The van der Waals surface area contributed by atoms with Crippen molar-refractivity contribution in [1.82, 2.24) is 15.2 Å². The van der Waals surface area contributed by atoms with E-state index in [9.17, 15) is 14.4 Å². The summed E-state index contributed by atoms with van der Waals surface area (Å²) in [6.07, 6.45) is 7.15. The molecule has 3 aliphatic heterocycles. The largest absolute Gasteiger partial charge is 0.377 e. The zero-order chi connectivity index (χ0) is 30.3. The van der Waals surface area contributed by atoms with Crippen molar-refractivity contribution >= 4 is 29.6 Å². The van der Waals surface area contributed by atoms with Crippen molar-refractivity contribution in [3.05, 3.63) is 100 Å². The number of carbonyl (C=O) groups excluding carboxylic acids is 3. The molecule has 1 fully saturated rings. The summed E-state index contributed by atoms with van der Waals surface area (Å²) in [6, 6.07) is 17.1. The summed E-state index contributed by atoms with van der Waals surface area (Å²) in [7, 11) is 0. The lowest BCUT2D eigenvalue weighted by Crippen LogP contribution is -2.58. The van der Waals surface area contributed by atoms with Gasteiger partial charge in [0.1, 0.15) is 11.9 Å². The maximum Gasteiger partial charge on any atom is 0.251 e. The van der Waals surface area contributed by atoms with E-state index < -0.39 is 11.5 Å². The Bertz CT molecular complexity index is 1640. The number of carbonyl (C=O) groups is 3. The molecule has 3 aromatic rings. The van der Waals surface area contributed by atoms with Crippen molar-refractivity contribution in [3.8, 4) is 0 Å². The fourth-order valence-corrected chi connectivity index (χ4v) is 7.23. The molecule has 0 radical (unpaired) electrons. The Hall–Kier alpha value is -4.34. The number of rotatable bonds is 1. The summed E-state index contributed by atoms with van der Waals surface area (Å²) in [5.41, 5.74) is 4.61. The molecule has 1 saturated heterocycles. The molecule has 7 rings (SSSR count). The number of benzene rings is 2. The number of hydrogen-bond acceptors (Lipinski definition) is 6. The molecule has 0 saturated carbocycles. The average Bonchev–Trinajstić information content (AvgIpc) is 3.55. The highest BCUT2D eigenvalue weighted by Gasteiger charge is 2.51. The van der Waals surface area contributed by atoms with Crippen molar-refractivity contribution in [2.24, 2.45) is 0 Å². The standard InChI is InChI=1S/C35H36N4O5/c1-22-28(24-7-3-2-4-8-24)18-30-33(41)39(22)11-13-44-15-14-43-12-5-6-23-16-29-31(36-21-23)38-34(42)35(29)19-26-10-9-25(32(40)37-30)17-27(26)20-35/h2-10,16-17,21-22,28,30H,11-15,18-20H2,1H3,(H,37,40)(H,36,38,42)/b6-5+/t22?,28?,30?,35-/m0/s1. The van der Waals surface area contributed by atoms with Gasteiger partial charge in [-0.2, -0.15) is 0 Å². The van der Waals surface area contributed by atoms with Crippen LogP contribution in [0.1, 0.15) is 57.4 Å². The summed E-state index contributed by atoms with van der Waals surface area (Å²) in [6.45, 7) is 4.10. The minimum atomic E-state index is -0.770. The molecule has 4 aliphatic rings. The lowest BCUT2D eigenvalue weighted by atomic mass is 9.79. The monoisotopic (exact) mass is 592 g/mol. The fraction of sp³-hybridized carbons (Fsp3) is 0.371. The third-order valence-corrected chi connectivity index (χ3v) is 9.59. The second-order valence-electron chi connectivity index (χ2n) is 12.2. The van der Waals surface area contributed by atoms with Gasteiger partial charge in [-0.3, -0.25) is 14.4 Å². The van der Waals surface area contributed by atoms with Crippen LogP contribution in [0.4, 0.5) is 5.82 Å². The first kappa shape index (κ1) is 28.4. The van der Waals surface area contributed by atoms with E-state index in [1.54, 1.807) is 12.3 Å². The zero-order valence-electron chi connectivity index (χ0n) is 24.8. The van der Waals surface area contributed by atoms with Crippen LogP contribution in [0.3, 0.4) is 0 Å². The molecule has 7 bridgehead atoms. The lowest BCUT2D eigenvalue weighted by Gasteiger charge is -2.43. The third kappa shape index (κ3) is 5.10. The topological polar surface area (TPSA) is 110 Å². The maximum absolute atomic E-state index is 13.8. The Morgan fingerprint density at radius 1 is 0.955 bits per heavy atom. The molecule has 1 aliphatic carbocycles. The molecule has 4 heterocycles. The van der Waals surface area contributed by atoms with Crippen LogP contribution >= 0.6 is 0 Å². The Balaban J connectivity index is 1.21. The summed E-state index contributed by atoms with van der Waals surface area (Å²) in [5, 5.41) is 6.03. The van der Waals surface area contributed by atoms with Crippen LogP contribution in [0.25, 0.3) is 6.08 Å². The Labute approximate surface area is 256 Å². The first-order valence-corrected chi connectivity index (χ1v) is 15.3. The normalized spacial score (nSPS) is 27.7. The van der Waals surface area contributed by atoms with Gasteiger partial charge in [0, 0.05) is 35.8 Å². The van der Waals surface area contributed by atoms with Crippen LogP contribution in [-0.4, -0.2) is 72.7 Å². The van der Waals surface area contributed by atoms with Gasteiger partial charge in [-0.1, -0.05) is 48.6 Å². The number of pyridine rings is 1. The number of nitrogens with one attached hydrogen (secondary N) is 2. The van der Waals surface area contributed by atoms with Crippen LogP contribution in [0.15, 0.2) is 66.9 Å². The van der Waals surface area contributed by atoms with E-state index >= 15 is 0 Å². The van der Waals surface area contributed by atoms with E-state index in [-0.39, 0.29) is 29.7 Å². The highest BCUT2D eigenvalue weighted by molar-refractivity contribution is 6.06. The predicted molar refractivity (Wildman–Crippen MR) is 165 cm³/mol. The molecule has 3 amide bonds. The Kier molecular flexibility index (Phi) is 7.52. The molecule has 1 aromatic heterocycles. The highest BCUT2D eigenvalue weighted by atomic mass is 16.5. The Morgan fingerprint density at radius 2 is 1.77 bits per heavy atom. The van der Waals surface area contributed by atoms with Crippen molar-refractivity contribution < 1.29 is 23.9 Å². The molecule has 9 nitrogen and oxygen atoms in total. The maximum atomic E-state index is 13.8. The summed E-state index contributed by atoms with van der Waals surface area (Å²) in [5.74, 6) is 0.166. The van der Waals surface area contributed by atoms with Gasteiger partial charge in [0.2, 0.25) is 11.8 Å². The molecule has 2 N–H and O–H groups in total. The lowest BCUT2D eigenvalue weighted by molar-refractivity contribution is -0.140. The average molecular weight is 593 g/mol. The molecular weight excluding hydrogens is 556 g/mol. The molecule has 44 heavy (non-hydrogen) atoms. The van der Waals surface area contributed by atoms with Crippen LogP contribution in [0.5, 0.6) is 0 Å². The number of amides is 3. The first-order valence-electron chi connectivity index (χ1n) is 15.3. The number of piperidine rings is 1. The summed E-state index contributed by atoms with van der Waals surface area (Å²) in [4.78, 5) is 47.2. The summed E-state index contributed by atoms with van der Waals surface area (Å²) >= 11 is 0. The molecule has 3 unspecified atom stereocenters. The predicted octanol–water partition coefficient (Wildman–Crippen LogP) is 3.63. The summed E-state index contributed by atoms with van der Waals surface area (Å²) < 4.78 is 11.6. The molecular formula is C35H36N4O5. The number of anilines is 1.